The molecule has 0 spiro atoms. The lowest BCUT2D eigenvalue weighted by Crippen LogP contribution is -2.29. The molecule has 1 N–H and O–H groups in total. The Morgan fingerprint density at radius 3 is 2.75 bits per heavy atom. The van der Waals surface area contributed by atoms with Gasteiger partial charge in [0.25, 0.3) is 0 Å². The summed E-state index contributed by atoms with van der Waals surface area (Å²) in [6.07, 6.45) is 3.20. The minimum atomic E-state index is -0.0782. The second-order valence-electron chi connectivity index (χ2n) is 6.03. The maximum atomic E-state index is 5.76. The number of hydrogen-bond donors (Lipinski definition) is 1. The molecule has 20 heavy (non-hydrogen) atoms. The molecule has 1 aliphatic heterocycles. The van der Waals surface area contributed by atoms with Crippen LogP contribution in [0.25, 0.3) is 0 Å². The molecular formula is C15H27N3O2. The van der Waals surface area contributed by atoms with E-state index in [0.717, 1.165) is 38.2 Å². The minimum absolute atomic E-state index is 0.0216. The van der Waals surface area contributed by atoms with Crippen molar-refractivity contribution >= 4 is 0 Å². The van der Waals surface area contributed by atoms with E-state index in [1.807, 2.05) is 6.92 Å². The minimum Gasteiger partial charge on any atom is -0.370 e. The predicted molar refractivity (Wildman–Crippen MR) is 77.6 cm³/mol. The van der Waals surface area contributed by atoms with E-state index in [4.69, 9.17) is 9.26 Å². The summed E-state index contributed by atoms with van der Waals surface area (Å²) in [6, 6.07) is 0. The summed E-state index contributed by atoms with van der Waals surface area (Å²) in [4.78, 5) is 4.68. The van der Waals surface area contributed by atoms with Gasteiger partial charge in [0.05, 0.1) is 5.41 Å². The molecule has 0 amide bonds. The van der Waals surface area contributed by atoms with Gasteiger partial charge in [0.1, 0.15) is 6.10 Å². The highest BCUT2D eigenvalue weighted by atomic mass is 16.5. The molecule has 2 unspecified atom stereocenters. The number of nitrogens with one attached hydrogen (secondary N) is 1. The summed E-state index contributed by atoms with van der Waals surface area (Å²) in [6.45, 7) is 11.1. The smallest absolute Gasteiger partial charge is 0.234 e. The Bertz CT molecular complexity index is 411. The maximum Gasteiger partial charge on any atom is 0.234 e. The summed E-state index contributed by atoms with van der Waals surface area (Å²) in [5.41, 5.74) is 0.0216. The SMILES string of the molecule is CCCC1(c2nc(C(OCC)C(C)C)no2)CCNC1. The zero-order valence-electron chi connectivity index (χ0n) is 13.1. The number of rotatable bonds is 7. The first-order valence-electron chi connectivity index (χ1n) is 7.79. The van der Waals surface area contributed by atoms with Crippen molar-refractivity contribution in [1.29, 1.82) is 0 Å². The van der Waals surface area contributed by atoms with Crippen molar-refractivity contribution < 1.29 is 9.26 Å². The molecular weight excluding hydrogens is 254 g/mol. The van der Waals surface area contributed by atoms with Gasteiger partial charge in [-0.3, -0.25) is 0 Å². The molecule has 5 heteroatoms. The lowest BCUT2D eigenvalue weighted by molar-refractivity contribution is 0.0217. The molecule has 1 fully saturated rings. The van der Waals surface area contributed by atoms with Crippen molar-refractivity contribution in [2.24, 2.45) is 5.92 Å². The Morgan fingerprint density at radius 1 is 1.40 bits per heavy atom. The second kappa shape index (κ2) is 6.68. The van der Waals surface area contributed by atoms with Crippen molar-refractivity contribution in [3.8, 4) is 0 Å². The quantitative estimate of drug-likeness (QED) is 0.832. The molecule has 1 saturated heterocycles. The summed E-state index contributed by atoms with van der Waals surface area (Å²) < 4.78 is 11.4. The molecule has 1 aromatic rings. The van der Waals surface area contributed by atoms with E-state index in [1.54, 1.807) is 0 Å². The van der Waals surface area contributed by atoms with Crippen molar-refractivity contribution in [1.82, 2.24) is 15.5 Å². The molecule has 114 valence electrons. The number of hydrogen-bond acceptors (Lipinski definition) is 5. The third-order valence-electron chi connectivity index (χ3n) is 4.07. The fourth-order valence-electron chi connectivity index (χ4n) is 3.04. The van der Waals surface area contributed by atoms with Gasteiger partial charge in [0, 0.05) is 13.2 Å². The largest absolute Gasteiger partial charge is 0.370 e. The van der Waals surface area contributed by atoms with E-state index in [9.17, 15) is 0 Å². The third-order valence-corrected chi connectivity index (χ3v) is 4.07. The standard InChI is InChI=1S/C15H27N3O2/c1-5-7-15(8-9-16-10-15)14-17-13(18-20-14)12(11(3)4)19-6-2/h11-12,16H,5-10H2,1-4H3. The molecule has 0 aromatic carbocycles. The van der Waals surface area contributed by atoms with Crippen LogP contribution in [0.2, 0.25) is 0 Å². The van der Waals surface area contributed by atoms with Crippen LogP contribution in [0.4, 0.5) is 0 Å². The zero-order chi connectivity index (χ0) is 14.6. The van der Waals surface area contributed by atoms with Crippen LogP contribution in [0.1, 0.15) is 64.8 Å². The number of nitrogens with zero attached hydrogens (tertiary/aromatic N) is 2. The second-order valence-corrected chi connectivity index (χ2v) is 6.03. The van der Waals surface area contributed by atoms with Crippen LogP contribution in [0, 0.1) is 5.92 Å². The number of aromatic nitrogens is 2. The van der Waals surface area contributed by atoms with Crippen molar-refractivity contribution in [2.45, 2.75) is 58.5 Å². The summed E-state index contributed by atoms with van der Waals surface area (Å²) in [5, 5.41) is 7.61. The van der Waals surface area contributed by atoms with Crippen LogP contribution < -0.4 is 5.32 Å². The first kappa shape index (κ1) is 15.4. The van der Waals surface area contributed by atoms with Gasteiger partial charge in [0.15, 0.2) is 0 Å². The maximum absolute atomic E-state index is 5.76. The monoisotopic (exact) mass is 281 g/mol. The Labute approximate surface area is 121 Å². The van der Waals surface area contributed by atoms with E-state index in [0.29, 0.717) is 18.3 Å². The molecule has 2 rings (SSSR count). The Hall–Kier alpha value is -0.940. The van der Waals surface area contributed by atoms with Crippen LogP contribution in [0.15, 0.2) is 4.52 Å². The fourth-order valence-corrected chi connectivity index (χ4v) is 3.04. The fraction of sp³-hybridized carbons (Fsp3) is 0.867. The van der Waals surface area contributed by atoms with Gasteiger partial charge in [-0.2, -0.15) is 4.98 Å². The van der Waals surface area contributed by atoms with Crippen LogP contribution >= 0.6 is 0 Å². The highest BCUT2D eigenvalue weighted by molar-refractivity contribution is 5.11. The normalized spacial score (nSPS) is 24.4. The lowest BCUT2D eigenvalue weighted by Gasteiger charge is -2.22. The summed E-state index contributed by atoms with van der Waals surface area (Å²) >= 11 is 0. The summed E-state index contributed by atoms with van der Waals surface area (Å²) in [7, 11) is 0. The van der Waals surface area contributed by atoms with Crippen molar-refractivity contribution in [3.63, 3.8) is 0 Å². The van der Waals surface area contributed by atoms with E-state index in [-0.39, 0.29) is 11.5 Å². The van der Waals surface area contributed by atoms with Gasteiger partial charge >= 0.3 is 0 Å². The highest BCUT2D eigenvalue weighted by Gasteiger charge is 2.40. The van der Waals surface area contributed by atoms with Crippen LogP contribution in [0.3, 0.4) is 0 Å². The first-order chi connectivity index (χ1) is 9.63. The zero-order valence-corrected chi connectivity index (χ0v) is 13.1. The van der Waals surface area contributed by atoms with E-state index in [2.05, 4.69) is 36.2 Å². The lowest BCUT2D eigenvalue weighted by atomic mass is 9.82. The Morgan fingerprint density at radius 2 is 2.20 bits per heavy atom. The van der Waals surface area contributed by atoms with Crippen LogP contribution in [-0.4, -0.2) is 29.8 Å². The van der Waals surface area contributed by atoms with E-state index < -0.39 is 0 Å². The van der Waals surface area contributed by atoms with E-state index in [1.165, 1.54) is 0 Å². The average molecular weight is 281 g/mol. The average Bonchev–Trinajstić information content (AvgIpc) is 3.05. The van der Waals surface area contributed by atoms with Crippen molar-refractivity contribution in [3.05, 3.63) is 11.7 Å². The van der Waals surface area contributed by atoms with Gasteiger partial charge in [-0.1, -0.05) is 32.3 Å². The van der Waals surface area contributed by atoms with E-state index >= 15 is 0 Å². The van der Waals surface area contributed by atoms with Crippen LogP contribution in [0.5, 0.6) is 0 Å². The first-order valence-corrected chi connectivity index (χ1v) is 7.79. The van der Waals surface area contributed by atoms with Gasteiger partial charge in [-0.15, -0.1) is 0 Å². The van der Waals surface area contributed by atoms with Gasteiger partial charge < -0.3 is 14.6 Å². The molecule has 0 aliphatic carbocycles. The molecule has 1 aromatic heterocycles. The number of ether oxygens (including phenoxy) is 1. The molecule has 1 aliphatic rings. The van der Waals surface area contributed by atoms with Gasteiger partial charge in [-0.25, -0.2) is 0 Å². The predicted octanol–water partition coefficient (Wildman–Crippen LogP) is 2.83. The van der Waals surface area contributed by atoms with Gasteiger partial charge in [-0.05, 0) is 32.2 Å². The molecule has 0 bridgehead atoms. The molecule has 0 saturated carbocycles. The molecule has 2 atom stereocenters. The molecule has 0 radical (unpaired) electrons. The van der Waals surface area contributed by atoms with Crippen LogP contribution in [-0.2, 0) is 10.2 Å². The Balaban J connectivity index is 2.22. The third kappa shape index (κ3) is 3.04. The highest BCUT2D eigenvalue weighted by Crippen LogP contribution is 2.35. The topological polar surface area (TPSA) is 60.2 Å². The summed E-state index contributed by atoms with van der Waals surface area (Å²) in [5.74, 6) is 1.81. The van der Waals surface area contributed by atoms with Gasteiger partial charge in [0.2, 0.25) is 11.7 Å². The molecule has 2 heterocycles. The van der Waals surface area contributed by atoms with Crippen molar-refractivity contribution in [2.75, 3.05) is 19.7 Å². The molecule has 5 nitrogen and oxygen atoms in total. The Kier molecular flexibility index (Phi) is 5.16.